The fraction of sp³-hybridized carbons (Fsp3) is 0.750. The van der Waals surface area contributed by atoms with Crippen molar-refractivity contribution in [1.29, 1.82) is 0 Å². The van der Waals surface area contributed by atoms with E-state index >= 15 is 0 Å². The molecule has 5 heteroatoms. The summed E-state index contributed by atoms with van der Waals surface area (Å²) in [7, 11) is 0. The van der Waals surface area contributed by atoms with Crippen molar-refractivity contribution in [2.24, 2.45) is 17.6 Å². The predicted octanol–water partition coefficient (Wildman–Crippen LogP) is 0.839. The van der Waals surface area contributed by atoms with Crippen LogP contribution in [0.4, 0.5) is 0 Å². The van der Waals surface area contributed by atoms with E-state index in [2.05, 4.69) is 17.2 Å². The van der Waals surface area contributed by atoms with Crippen LogP contribution in [0.3, 0.4) is 0 Å². The van der Waals surface area contributed by atoms with Gasteiger partial charge in [0.2, 0.25) is 5.91 Å². The topological polar surface area (TPSA) is 73.8 Å². The van der Waals surface area contributed by atoms with Gasteiger partial charge in [-0.2, -0.15) is 0 Å². The molecule has 1 amide bonds. The van der Waals surface area contributed by atoms with Crippen LogP contribution < -0.4 is 5.73 Å². The maximum atomic E-state index is 11.0. The van der Waals surface area contributed by atoms with Crippen LogP contribution in [-0.2, 0) is 17.6 Å². The molecule has 2 aliphatic carbocycles. The van der Waals surface area contributed by atoms with Gasteiger partial charge in [-0.25, -0.2) is 4.68 Å². The second-order valence-electron chi connectivity index (χ2n) is 5.50. The molecule has 0 saturated heterocycles. The van der Waals surface area contributed by atoms with E-state index in [1.165, 1.54) is 19.3 Å². The number of amides is 1. The number of hydrogen-bond donors (Lipinski definition) is 1. The molecule has 2 saturated carbocycles. The molecule has 0 aliphatic heterocycles. The zero-order valence-corrected chi connectivity index (χ0v) is 10.1. The van der Waals surface area contributed by atoms with Crippen LogP contribution in [0.15, 0.2) is 0 Å². The van der Waals surface area contributed by atoms with Gasteiger partial charge in [0.1, 0.15) is 0 Å². The summed E-state index contributed by atoms with van der Waals surface area (Å²) in [5.41, 5.74) is 7.20. The number of carbonyl (C=O) groups excluding carboxylic acids is 1. The highest BCUT2D eigenvalue weighted by Gasteiger charge is 2.38. The van der Waals surface area contributed by atoms with E-state index < -0.39 is 0 Å². The summed E-state index contributed by atoms with van der Waals surface area (Å²) in [5.74, 6) is 1.14. The molecule has 1 heterocycles. The Balaban J connectivity index is 1.86. The first kappa shape index (κ1) is 10.7. The van der Waals surface area contributed by atoms with Gasteiger partial charge in [-0.15, -0.1) is 5.10 Å². The maximum Gasteiger partial charge on any atom is 0.223 e. The molecule has 2 aliphatic rings. The van der Waals surface area contributed by atoms with Crippen LogP contribution in [0.2, 0.25) is 0 Å². The van der Waals surface area contributed by atoms with E-state index in [0.717, 1.165) is 23.7 Å². The molecule has 1 aromatic rings. The van der Waals surface area contributed by atoms with Gasteiger partial charge >= 0.3 is 0 Å². The summed E-state index contributed by atoms with van der Waals surface area (Å²) in [4.78, 5) is 11.0. The summed E-state index contributed by atoms with van der Waals surface area (Å²) in [6, 6.07) is 0.498. The van der Waals surface area contributed by atoms with E-state index in [-0.39, 0.29) is 12.3 Å². The number of nitrogens with two attached hydrogens (primary N) is 1. The number of hydrogen-bond acceptors (Lipinski definition) is 3. The summed E-state index contributed by atoms with van der Waals surface area (Å²) in [6.07, 6.45) is 5.00. The molecule has 3 rings (SSSR count). The van der Waals surface area contributed by atoms with Crippen molar-refractivity contribution in [3.05, 3.63) is 11.4 Å². The molecule has 0 aromatic carbocycles. The van der Waals surface area contributed by atoms with Gasteiger partial charge in [0.25, 0.3) is 0 Å². The molecule has 0 bridgehead atoms. The first-order valence-corrected chi connectivity index (χ1v) is 6.36. The van der Waals surface area contributed by atoms with Crippen molar-refractivity contribution in [2.45, 2.75) is 45.1 Å². The van der Waals surface area contributed by atoms with Crippen LogP contribution in [0.5, 0.6) is 0 Å². The SMILES string of the molecule is CC1CC1n1nnc(CC(N)=O)c1CC1CC1. The lowest BCUT2D eigenvalue weighted by Crippen LogP contribution is -2.16. The summed E-state index contributed by atoms with van der Waals surface area (Å²) < 4.78 is 2.04. The first-order chi connectivity index (χ1) is 8.15. The molecule has 17 heavy (non-hydrogen) atoms. The largest absolute Gasteiger partial charge is 0.369 e. The molecule has 0 spiro atoms. The molecule has 92 valence electrons. The Bertz CT molecular complexity index is 449. The molecular weight excluding hydrogens is 216 g/mol. The summed E-state index contributed by atoms with van der Waals surface area (Å²) >= 11 is 0. The molecule has 2 atom stereocenters. The van der Waals surface area contributed by atoms with Crippen molar-refractivity contribution >= 4 is 5.91 Å². The lowest BCUT2D eigenvalue weighted by atomic mass is 10.1. The number of aromatic nitrogens is 3. The Labute approximate surface area is 100 Å². The second kappa shape index (κ2) is 3.82. The quantitative estimate of drug-likeness (QED) is 0.820. The van der Waals surface area contributed by atoms with Gasteiger partial charge in [-0.3, -0.25) is 4.79 Å². The van der Waals surface area contributed by atoms with Gasteiger partial charge in [-0.1, -0.05) is 12.1 Å². The Kier molecular flexibility index (Phi) is 2.42. The zero-order chi connectivity index (χ0) is 12.0. The van der Waals surface area contributed by atoms with Gasteiger partial charge in [0, 0.05) is 0 Å². The highest BCUT2D eigenvalue weighted by atomic mass is 16.1. The lowest BCUT2D eigenvalue weighted by molar-refractivity contribution is -0.117. The zero-order valence-electron chi connectivity index (χ0n) is 10.1. The minimum Gasteiger partial charge on any atom is -0.369 e. The second-order valence-corrected chi connectivity index (χ2v) is 5.50. The first-order valence-electron chi connectivity index (χ1n) is 6.36. The standard InChI is InChI=1S/C12H18N4O/c1-7-4-10(7)16-11(5-8-2-3-8)9(14-15-16)6-12(13)17/h7-8,10H,2-6H2,1H3,(H2,13,17). The minimum atomic E-state index is -0.321. The highest BCUT2D eigenvalue weighted by Crippen LogP contribution is 2.44. The molecule has 2 N–H and O–H groups in total. The van der Waals surface area contributed by atoms with E-state index in [4.69, 9.17) is 5.73 Å². The normalized spacial score (nSPS) is 27.1. The summed E-state index contributed by atoms with van der Waals surface area (Å²) in [5, 5.41) is 8.37. The van der Waals surface area contributed by atoms with Crippen LogP contribution in [0, 0.1) is 11.8 Å². The van der Waals surface area contributed by atoms with Gasteiger partial charge in [0.05, 0.1) is 23.9 Å². The number of carbonyl (C=O) groups is 1. The van der Waals surface area contributed by atoms with Gasteiger partial charge in [0.15, 0.2) is 0 Å². The number of nitrogens with zero attached hydrogens (tertiary/aromatic N) is 3. The van der Waals surface area contributed by atoms with Crippen molar-refractivity contribution in [1.82, 2.24) is 15.0 Å². The van der Waals surface area contributed by atoms with Crippen LogP contribution in [0.25, 0.3) is 0 Å². The van der Waals surface area contributed by atoms with Crippen LogP contribution in [0.1, 0.15) is 43.6 Å². The molecule has 0 radical (unpaired) electrons. The molecular formula is C12H18N4O. The minimum absolute atomic E-state index is 0.225. The molecule has 1 aromatic heterocycles. The van der Waals surface area contributed by atoms with E-state index in [9.17, 15) is 4.79 Å². The third kappa shape index (κ3) is 2.18. The van der Waals surface area contributed by atoms with Crippen molar-refractivity contribution in [2.75, 3.05) is 0 Å². The van der Waals surface area contributed by atoms with E-state index in [1.54, 1.807) is 0 Å². The fourth-order valence-electron chi connectivity index (χ4n) is 2.36. The Morgan fingerprint density at radius 2 is 2.24 bits per heavy atom. The maximum absolute atomic E-state index is 11.0. The Morgan fingerprint density at radius 1 is 1.53 bits per heavy atom. The average molecular weight is 234 g/mol. The average Bonchev–Trinajstić information content (AvgIpc) is 3.14. The molecule has 5 nitrogen and oxygen atoms in total. The van der Waals surface area contributed by atoms with Gasteiger partial charge < -0.3 is 5.73 Å². The highest BCUT2D eigenvalue weighted by molar-refractivity contribution is 5.76. The number of rotatable bonds is 5. The van der Waals surface area contributed by atoms with Gasteiger partial charge in [-0.05, 0) is 37.5 Å². The van der Waals surface area contributed by atoms with E-state index in [1.807, 2.05) is 4.68 Å². The fourth-order valence-corrected chi connectivity index (χ4v) is 2.36. The number of primary amides is 1. The Morgan fingerprint density at radius 3 is 2.76 bits per heavy atom. The van der Waals surface area contributed by atoms with Crippen molar-refractivity contribution < 1.29 is 4.79 Å². The molecule has 2 fully saturated rings. The van der Waals surface area contributed by atoms with Crippen LogP contribution in [-0.4, -0.2) is 20.9 Å². The lowest BCUT2D eigenvalue weighted by Gasteiger charge is -2.06. The molecule has 2 unspecified atom stereocenters. The van der Waals surface area contributed by atoms with Crippen molar-refractivity contribution in [3.63, 3.8) is 0 Å². The third-order valence-electron chi connectivity index (χ3n) is 3.77. The smallest absolute Gasteiger partial charge is 0.223 e. The monoisotopic (exact) mass is 234 g/mol. The van der Waals surface area contributed by atoms with Crippen LogP contribution >= 0.6 is 0 Å². The third-order valence-corrected chi connectivity index (χ3v) is 3.77. The Hall–Kier alpha value is -1.39. The predicted molar refractivity (Wildman–Crippen MR) is 62.2 cm³/mol. The van der Waals surface area contributed by atoms with Crippen molar-refractivity contribution in [3.8, 4) is 0 Å². The summed E-state index contributed by atoms with van der Waals surface area (Å²) in [6.45, 7) is 2.22. The van der Waals surface area contributed by atoms with E-state index in [0.29, 0.717) is 12.0 Å².